The molecular weight excluding hydrogens is 184 g/mol. The lowest BCUT2D eigenvalue weighted by molar-refractivity contribution is 0.00588. The van der Waals surface area contributed by atoms with Crippen LogP contribution >= 0.6 is 0 Å². The largest absolute Gasteiger partial charge is 0.389 e. The highest BCUT2D eigenvalue weighted by molar-refractivity contribution is 5.94. The summed E-state index contributed by atoms with van der Waals surface area (Å²) in [6.45, 7) is 0.706. The number of H-pyrrole nitrogens is 1. The predicted molar refractivity (Wildman–Crippen MR) is 49.0 cm³/mol. The van der Waals surface area contributed by atoms with Crippen molar-refractivity contribution in [3.05, 3.63) is 34.2 Å². The van der Waals surface area contributed by atoms with Crippen molar-refractivity contribution in [2.75, 3.05) is 13.1 Å². The van der Waals surface area contributed by atoms with Crippen LogP contribution in [0.3, 0.4) is 0 Å². The van der Waals surface area contributed by atoms with Gasteiger partial charge in [0.2, 0.25) is 5.56 Å². The third-order valence-electron chi connectivity index (χ3n) is 2.17. The topological polar surface area (TPSA) is 73.4 Å². The van der Waals surface area contributed by atoms with Crippen molar-refractivity contribution in [1.29, 1.82) is 0 Å². The maximum absolute atomic E-state index is 11.6. The first kappa shape index (κ1) is 8.96. The number of likely N-dealkylation sites (tertiary alicyclic amines) is 1. The van der Waals surface area contributed by atoms with E-state index in [9.17, 15) is 9.59 Å². The molecule has 0 atom stereocenters. The van der Waals surface area contributed by atoms with E-state index < -0.39 is 6.10 Å². The van der Waals surface area contributed by atoms with Gasteiger partial charge in [0.25, 0.3) is 5.91 Å². The average molecular weight is 194 g/mol. The van der Waals surface area contributed by atoms with Gasteiger partial charge in [-0.3, -0.25) is 9.59 Å². The number of carbonyl (C=O) groups excluding carboxylic acids is 1. The summed E-state index contributed by atoms with van der Waals surface area (Å²) in [5, 5.41) is 9.01. The lowest BCUT2D eigenvalue weighted by Crippen LogP contribution is -2.53. The molecule has 1 amide bonds. The molecule has 1 saturated heterocycles. The number of aromatic nitrogens is 1. The maximum atomic E-state index is 11.6. The SMILES string of the molecule is O=C(c1cc[nH]c(=O)c1)N1CC(O)C1. The van der Waals surface area contributed by atoms with Crippen molar-refractivity contribution in [3.8, 4) is 0 Å². The normalized spacial score (nSPS) is 16.5. The maximum Gasteiger partial charge on any atom is 0.254 e. The van der Waals surface area contributed by atoms with Gasteiger partial charge in [-0.05, 0) is 6.07 Å². The molecule has 1 aromatic rings. The summed E-state index contributed by atoms with van der Waals surface area (Å²) in [7, 11) is 0. The fourth-order valence-electron chi connectivity index (χ4n) is 1.38. The van der Waals surface area contributed by atoms with Gasteiger partial charge in [-0.2, -0.15) is 0 Å². The molecule has 1 aromatic heterocycles. The van der Waals surface area contributed by atoms with Crippen LogP contribution in [-0.4, -0.2) is 40.1 Å². The number of aromatic amines is 1. The highest BCUT2D eigenvalue weighted by Gasteiger charge is 2.29. The number of aliphatic hydroxyl groups is 1. The third-order valence-corrected chi connectivity index (χ3v) is 2.17. The van der Waals surface area contributed by atoms with Crippen molar-refractivity contribution in [1.82, 2.24) is 9.88 Å². The van der Waals surface area contributed by atoms with Crippen molar-refractivity contribution >= 4 is 5.91 Å². The van der Waals surface area contributed by atoms with E-state index in [2.05, 4.69) is 4.98 Å². The Morgan fingerprint density at radius 2 is 2.29 bits per heavy atom. The van der Waals surface area contributed by atoms with Crippen LogP contribution in [0.1, 0.15) is 10.4 Å². The molecule has 0 unspecified atom stereocenters. The van der Waals surface area contributed by atoms with Crippen molar-refractivity contribution in [3.63, 3.8) is 0 Å². The molecule has 2 N–H and O–H groups in total. The molecule has 1 aliphatic rings. The minimum atomic E-state index is -0.416. The van der Waals surface area contributed by atoms with E-state index in [4.69, 9.17) is 5.11 Å². The van der Waals surface area contributed by atoms with Crippen LogP contribution in [0.25, 0.3) is 0 Å². The Morgan fingerprint density at radius 1 is 1.57 bits per heavy atom. The summed E-state index contributed by atoms with van der Waals surface area (Å²) in [5.74, 6) is -0.207. The lowest BCUT2D eigenvalue weighted by atomic mass is 10.1. The highest BCUT2D eigenvalue weighted by Crippen LogP contribution is 2.11. The molecule has 0 bridgehead atoms. The second-order valence-corrected chi connectivity index (χ2v) is 3.31. The van der Waals surface area contributed by atoms with E-state index in [-0.39, 0.29) is 11.5 Å². The molecule has 2 heterocycles. The van der Waals surface area contributed by atoms with Gasteiger partial charge < -0.3 is 15.0 Å². The average Bonchev–Trinajstić information content (AvgIpc) is 2.12. The Morgan fingerprint density at radius 3 is 2.86 bits per heavy atom. The second kappa shape index (κ2) is 3.26. The summed E-state index contributed by atoms with van der Waals surface area (Å²) < 4.78 is 0. The van der Waals surface area contributed by atoms with Crippen molar-refractivity contribution < 1.29 is 9.90 Å². The van der Waals surface area contributed by atoms with Crippen LogP contribution in [-0.2, 0) is 0 Å². The molecule has 5 nitrogen and oxygen atoms in total. The number of carbonyl (C=O) groups is 1. The van der Waals surface area contributed by atoms with Gasteiger partial charge in [-0.15, -0.1) is 0 Å². The summed E-state index contributed by atoms with van der Waals surface area (Å²) in [4.78, 5) is 26.4. The van der Waals surface area contributed by atoms with Crippen LogP contribution in [0.2, 0.25) is 0 Å². The summed E-state index contributed by atoms with van der Waals surface area (Å²) in [6, 6.07) is 2.81. The van der Waals surface area contributed by atoms with E-state index >= 15 is 0 Å². The fourth-order valence-corrected chi connectivity index (χ4v) is 1.38. The second-order valence-electron chi connectivity index (χ2n) is 3.31. The zero-order valence-electron chi connectivity index (χ0n) is 7.43. The number of nitrogens with one attached hydrogen (secondary N) is 1. The zero-order chi connectivity index (χ0) is 10.1. The van der Waals surface area contributed by atoms with Gasteiger partial charge >= 0.3 is 0 Å². The van der Waals surface area contributed by atoms with Crippen LogP contribution < -0.4 is 5.56 Å². The quantitative estimate of drug-likeness (QED) is 0.614. The molecule has 1 fully saturated rings. The van der Waals surface area contributed by atoms with Gasteiger partial charge in [-0.1, -0.05) is 0 Å². The number of hydrogen-bond donors (Lipinski definition) is 2. The zero-order valence-corrected chi connectivity index (χ0v) is 7.43. The lowest BCUT2D eigenvalue weighted by Gasteiger charge is -2.35. The van der Waals surface area contributed by atoms with E-state index in [1.165, 1.54) is 17.2 Å². The van der Waals surface area contributed by atoms with E-state index in [0.29, 0.717) is 18.7 Å². The van der Waals surface area contributed by atoms with E-state index in [0.717, 1.165) is 0 Å². The molecule has 2 rings (SSSR count). The first-order valence-electron chi connectivity index (χ1n) is 4.33. The molecule has 14 heavy (non-hydrogen) atoms. The number of aliphatic hydroxyl groups excluding tert-OH is 1. The molecule has 0 aliphatic carbocycles. The van der Waals surface area contributed by atoms with Crippen molar-refractivity contribution in [2.45, 2.75) is 6.10 Å². The Bertz CT molecular complexity index is 407. The number of pyridine rings is 1. The van der Waals surface area contributed by atoms with Gasteiger partial charge in [0.1, 0.15) is 0 Å². The molecule has 0 saturated carbocycles. The number of rotatable bonds is 1. The first-order chi connectivity index (χ1) is 6.66. The predicted octanol–water partition coefficient (Wildman–Crippen LogP) is -0.808. The van der Waals surface area contributed by atoms with Gasteiger partial charge in [0.05, 0.1) is 6.10 Å². The van der Waals surface area contributed by atoms with Gasteiger partial charge in [0, 0.05) is 30.9 Å². The minimum Gasteiger partial charge on any atom is -0.389 e. The molecule has 0 radical (unpaired) electrons. The Hall–Kier alpha value is -1.62. The van der Waals surface area contributed by atoms with Crippen LogP contribution in [0.15, 0.2) is 23.1 Å². The molecular formula is C9H10N2O3. The molecule has 0 aromatic carbocycles. The minimum absolute atomic E-state index is 0.207. The van der Waals surface area contributed by atoms with E-state index in [1.807, 2.05) is 0 Å². The molecule has 5 heteroatoms. The highest BCUT2D eigenvalue weighted by atomic mass is 16.3. The van der Waals surface area contributed by atoms with Gasteiger partial charge in [-0.25, -0.2) is 0 Å². The number of nitrogens with zero attached hydrogens (tertiary/aromatic N) is 1. The molecule has 1 aliphatic heterocycles. The number of hydrogen-bond acceptors (Lipinski definition) is 3. The fraction of sp³-hybridized carbons (Fsp3) is 0.333. The third kappa shape index (κ3) is 1.54. The standard InChI is InChI=1S/C9H10N2O3/c12-7-4-11(5-7)9(14)6-1-2-10-8(13)3-6/h1-3,7,12H,4-5H2,(H,10,13). The Balaban J connectivity index is 2.16. The first-order valence-corrected chi connectivity index (χ1v) is 4.33. The summed E-state index contributed by atoms with van der Waals surface area (Å²) in [5.41, 5.74) is 0.0672. The van der Waals surface area contributed by atoms with Crippen LogP contribution in [0, 0.1) is 0 Å². The van der Waals surface area contributed by atoms with Gasteiger partial charge in [0.15, 0.2) is 0 Å². The smallest absolute Gasteiger partial charge is 0.254 e. The van der Waals surface area contributed by atoms with Crippen LogP contribution in [0.5, 0.6) is 0 Å². The monoisotopic (exact) mass is 194 g/mol. The number of β-amino-alcohol motifs (C(OH)–C–C–N with tert-alkyl or cyclic N) is 1. The van der Waals surface area contributed by atoms with Crippen molar-refractivity contribution in [2.24, 2.45) is 0 Å². The summed E-state index contributed by atoms with van der Waals surface area (Å²) >= 11 is 0. The Kier molecular flexibility index (Phi) is 2.09. The Labute approximate surface area is 80.0 Å². The molecule has 0 spiro atoms. The molecule has 74 valence electrons. The number of amides is 1. The van der Waals surface area contributed by atoms with Crippen LogP contribution in [0.4, 0.5) is 0 Å². The summed E-state index contributed by atoms with van der Waals surface area (Å²) in [6.07, 6.45) is 1.02. The van der Waals surface area contributed by atoms with E-state index in [1.54, 1.807) is 6.07 Å².